The molecule has 0 aromatic heterocycles. The molecule has 1 aliphatic carbocycles. The first-order valence-electron chi connectivity index (χ1n) is 4.78. The Kier molecular flexibility index (Phi) is 2.72. The summed E-state index contributed by atoms with van der Waals surface area (Å²) in [4.78, 5) is 11.2. The number of amides is 2. The second kappa shape index (κ2) is 4.03. The van der Waals surface area contributed by atoms with Crippen LogP contribution in [0.5, 0.6) is 0 Å². The summed E-state index contributed by atoms with van der Waals surface area (Å²) in [5.74, 6) is -3.55. The van der Waals surface area contributed by atoms with Crippen LogP contribution in [0.15, 0.2) is 12.1 Å². The zero-order valence-corrected chi connectivity index (χ0v) is 8.19. The maximum absolute atomic E-state index is 13.1. The molecule has 2 amide bonds. The fraction of sp³-hybridized carbons (Fsp3) is 0.300. The van der Waals surface area contributed by atoms with Crippen molar-refractivity contribution in [2.75, 3.05) is 5.32 Å². The molecular formula is C10H9F3N2O. The number of carbonyl (C=O) groups excluding carboxylic acids is 1. The first-order chi connectivity index (χ1) is 7.56. The van der Waals surface area contributed by atoms with Gasteiger partial charge < -0.3 is 10.6 Å². The predicted molar refractivity (Wildman–Crippen MR) is 51.5 cm³/mol. The number of benzene rings is 1. The fourth-order valence-corrected chi connectivity index (χ4v) is 1.22. The second-order valence-corrected chi connectivity index (χ2v) is 3.62. The smallest absolute Gasteiger partial charge is 0.319 e. The Balaban J connectivity index is 2.10. The zero-order valence-electron chi connectivity index (χ0n) is 8.19. The largest absolute Gasteiger partial charge is 0.335 e. The van der Waals surface area contributed by atoms with Gasteiger partial charge in [-0.2, -0.15) is 0 Å². The van der Waals surface area contributed by atoms with E-state index < -0.39 is 29.2 Å². The molecule has 0 bridgehead atoms. The normalized spacial score (nSPS) is 14.7. The molecule has 1 aliphatic rings. The highest BCUT2D eigenvalue weighted by atomic mass is 19.2. The minimum Gasteiger partial charge on any atom is -0.335 e. The molecule has 0 spiro atoms. The molecule has 0 radical (unpaired) electrons. The molecule has 2 N–H and O–H groups in total. The SMILES string of the molecule is O=C(Nc1cc(F)cc(F)c1F)NC1CC1. The van der Waals surface area contributed by atoms with Gasteiger partial charge in [0, 0.05) is 18.2 Å². The number of urea groups is 1. The topological polar surface area (TPSA) is 41.1 Å². The third kappa shape index (κ3) is 2.44. The minimum absolute atomic E-state index is 0.0847. The van der Waals surface area contributed by atoms with Gasteiger partial charge in [-0.25, -0.2) is 18.0 Å². The molecule has 0 unspecified atom stereocenters. The van der Waals surface area contributed by atoms with E-state index in [4.69, 9.17) is 0 Å². The molecule has 0 saturated heterocycles. The molecule has 6 heteroatoms. The molecule has 1 aromatic carbocycles. The summed E-state index contributed by atoms with van der Waals surface area (Å²) in [5, 5.41) is 4.57. The van der Waals surface area contributed by atoms with Crippen LogP contribution in [0.4, 0.5) is 23.7 Å². The Morgan fingerprint density at radius 3 is 2.56 bits per heavy atom. The highest BCUT2D eigenvalue weighted by Crippen LogP contribution is 2.21. The summed E-state index contributed by atoms with van der Waals surface area (Å²) in [7, 11) is 0. The van der Waals surface area contributed by atoms with Crippen molar-refractivity contribution in [3.63, 3.8) is 0 Å². The van der Waals surface area contributed by atoms with Crippen molar-refractivity contribution in [2.24, 2.45) is 0 Å². The molecule has 1 saturated carbocycles. The van der Waals surface area contributed by atoms with E-state index >= 15 is 0 Å². The lowest BCUT2D eigenvalue weighted by Crippen LogP contribution is -2.30. The Hall–Kier alpha value is -1.72. The van der Waals surface area contributed by atoms with Crippen molar-refractivity contribution in [2.45, 2.75) is 18.9 Å². The third-order valence-electron chi connectivity index (χ3n) is 2.15. The summed E-state index contributed by atoms with van der Waals surface area (Å²) in [6, 6.07) is 0.567. The standard InChI is InChI=1S/C10H9F3N2O/c11-5-3-7(12)9(13)8(4-5)15-10(16)14-6-1-2-6/h3-4,6H,1-2H2,(H2,14,15,16). The minimum atomic E-state index is -1.33. The molecule has 86 valence electrons. The highest BCUT2D eigenvalue weighted by molar-refractivity contribution is 5.89. The van der Waals surface area contributed by atoms with Crippen LogP contribution < -0.4 is 10.6 Å². The molecule has 1 fully saturated rings. The van der Waals surface area contributed by atoms with E-state index in [0.29, 0.717) is 6.07 Å². The Morgan fingerprint density at radius 2 is 1.94 bits per heavy atom. The molecule has 2 rings (SSSR count). The Bertz CT molecular complexity index is 432. The van der Waals surface area contributed by atoms with Crippen LogP contribution >= 0.6 is 0 Å². The van der Waals surface area contributed by atoms with E-state index in [2.05, 4.69) is 10.6 Å². The Labute approximate surface area is 89.6 Å². The van der Waals surface area contributed by atoms with Gasteiger partial charge in [0.05, 0.1) is 5.69 Å². The molecular weight excluding hydrogens is 221 g/mol. The average molecular weight is 230 g/mol. The van der Waals surface area contributed by atoms with Gasteiger partial charge in [0.15, 0.2) is 11.6 Å². The van der Waals surface area contributed by atoms with Crippen molar-refractivity contribution >= 4 is 11.7 Å². The maximum Gasteiger partial charge on any atom is 0.319 e. The monoisotopic (exact) mass is 230 g/mol. The van der Waals surface area contributed by atoms with Crippen molar-refractivity contribution in [3.05, 3.63) is 29.6 Å². The van der Waals surface area contributed by atoms with E-state index in [1.165, 1.54) is 0 Å². The Morgan fingerprint density at radius 1 is 1.25 bits per heavy atom. The molecule has 0 heterocycles. The van der Waals surface area contributed by atoms with E-state index in [-0.39, 0.29) is 6.04 Å². The summed E-state index contributed by atoms with van der Waals surface area (Å²) < 4.78 is 38.6. The van der Waals surface area contributed by atoms with Crippen LogP contribution in [0.25, 0.3) is 0 Å². The fourth-order valence-electron chi connectivity index (χ4n) is 1.22. The summed E-state index contributed by atoms with van der Waals surface area (Å²) in [6.45, 7) is 0. The summed E-state index contributed by atoms with van der Waals surface area (Å²) >= 11 is 0. The van der Waals surface area contributed by atoms with E-state index in [1.54, 1.807) is 0 Å². The molecule has 16 heavy (non-hydrogen) atoms. The van der Waals surface area contributed by atoms with Gasteiger partial charge in [0.2, 0.25) is 0 Å². The first-order valence-corrected chi connectivity index (χ1v) is 4.78. The van der Waals surface area contributed by atoms with Crippen molar-refractivity contribution in [1.82, 2.24) is 5.32 Å². The molecule has 0 aliphatic heterocycles. The third-order valence-corrected chi connectivity index (χ3v) is 2.15. The number of rotatable bonds is 2. The van der Waals surface area contributed by atoms with Crippen LogP contribution in [-0.4, -0.2) is 12.1 Å². The number of halogens is 3. The van der Waals surface area contributed by atoms with Gasteiger partial charge in [0.1, 0.15) is 5.82 Å². The number of hydrogen-bond acceptors (Lipinski definition) is 1. The van der Waals surface area contributed by atoms with Crippen LogP contribution in [0.3, 0.4) is 0 Å². The first kappa shape index (κ1) is 10.8. The summed E-state index contributed by atoms with van der Waals surface area (Å²) in [5.41, 5.74) is -0.504. The van der Waals surface area contributed by atoms with Crippen LogP contribution in [0.2, 0.25) is 0 Å². The number of carbonyl (C=O) groups is 1. The van der Waals surface area contributed by atoms with Gasteiger partial charge in [-0.1, -0.05) is 0 Å². The van der Waals surface area contributed by atoms with Gasteiger partial charge >= 0.3 is 6.03 Å². The molecule has 3 nitrogen and oxygen atoms in total. The summed E-state index contributed by atoms with van der Waals surface area (Å²) in [6.07, 6.45) is 1.74. The van der Waals surface area contributed by atoms with E-state index in [9.17, 15) is 18.0 Å². The van der Waals surface area contributed by atoms with Crippen molar-refractivity contribution < 1.29 is 18.0 Å². The quantitative estimate of drug-likeness (QED) is 0.752. The van der Waals surface area contributed by atoms with Crippen LogP contribution in [0.1, 0.15) is 12.8 Å². The van der Waals surface area contributed by atoms with Gasteiger partial charge in [-0.3, -0.25) is 0 Å². The van der Waals surface area contributed by atoms with Crippen LogP contribution in [0, 0.1) is 17.5 Å². The number of anilines is 1. The lowest BCUT2D eigenvalue weighted by Gasteiger charge is -2.07. The number of hydrogen-bond donors (Lipinski definition) is 2. The van der Waals surface area contributed by atoms with Crippen molar-refractivity contribution in [3.8, 4) is 0 Å². The lowest BCUT2D eigenvalue weighted by molar-refractivity contribution is 0.251. The van der Waals surface area contributed by atoms with Gasteiger partial charge in [-0.05, 0) is 12.8 Å². The van der Waals surface area contributed by atoms with Crippen LogP contribution in [-0.2, 0) is 0 Å². The van der Waals surface area contributed by atoms with E-state index in [1.807, 2.05) is 0 Å². The van der Waals surface area contributed by atoms with E-state index in [0.717, 1.165) is 18.9 Å². The average Bonchev–Trinajstić information content (AvgIpc) is 2.97. The van der Waals surface area contributed by atoms with Crippen molar-refractivity contribution in [1.29, 1.82) is 0 Å². The molecule has 1 aromatic rings. The number of nitrogens with one attached hydrogen (secondary N) is 2. The zero-order chi connectivity index (χ0) is 11.7. The lowest BCUT2D eigenvalue weighted by atomic mass is 10.3. The second-order valence-electron chi connectivity index (χ2n) is 3.62. The maximum atomic E-state index is 13.1. The van der Waals surface area contributed by atoms with Gasteiger partial charge in [0.25, 0.3) is 0 Å². The van der Waals surface area contributed by atoms with Gasteiger partial charge in [-0.15, -0.1) is 0 Å². The predicted octanol–water partition coefficient (Wildman–Crippen LogP) is 2.39. The molecule has 0 atom stereocenters. The highest BCUT2D eigenvalue weighted by Gasteiger charge is 2.24.